The minimum absolute atomic E-state index is 0.457. The van der Waals surface area contributed by atoms with E-state index in [1.807, 2.05) is 0 Å². The second-order valence-corrected chi connectivity index (χ2v) is 3.24. The summed E-state index contributed by atoms with van der Waals surface area (Å²) in [5.41, 5.74) is 7.14. The van der Waals surface area contributed by atoms with Crippen LogP contribution in [0.15, 0.2) is 18.3 Å². The van der Waals surface area contributed by atoms with Gasteiger partial charge in [0.05, 0.1) is 38.7 Å². The molecule has 2 N–H and O–H groups in total. The number of hydrogen-bond acceptors (Lipinski definition) is 5. The van der Waals surface area contributed by atoms with Crippen LogP contribution in [0.4, 0.5) is 5.69 Å². The summed E-state index contributed by atoms with van der Waals surface area (Å²) in [5, 5.41) is 0. The molecule has 0 spiro atoms. The zero-order valence-corrected chi connectivity index (χ0v) is 9.52. The molecule has 0 saturated heterocycles. The molecule has 16 heavy (non-hydrogen) atoms. The lowest BCUT2D eigenvalue weighted by Crippen LogP contribution is -2.08. The van der Waals surface area contributed by atoms with Crippen LogP contribution in [-0.2, 0) is 20.8 Å². The van der Waals surface area contributed by atoms with E-state index in [-0.39, 0.29) is 0 Å². The molecule has 0 aromatic carbocycles. The van der Waals surface area contributed by atoms with Gasteiger partial charge in [0, 0.05) is 19.0 Å². The Labute approximate surface area is 95.5 Å². The molecule has 0 aliphatic carbocycles. The van der Waals surface area contributed by atoms with Crippen LogP contribution < -0.4 is 5.73 Å². The number of ether oxygens (including phenoxy) is 3. The molecule has 1 rings (SSSR count). The van der Waals surface area contributed by atoms with Crippen molar-refractivity contribution < 1.29 is 14.2 Å². The molecule has 0 aliphatic heterocycles. The van der Waals surface area contributed by atoms with Crippen molar-refractivity contribution in [2.24, 2.45) is 0 Å². The van der Waals surface area contributed by atoms with Crippen LogP contribution in [0.2, 0.25) is 0 Å². The highest BCUT2D eigenvalue weighted by Gasteiger charge is 1.95. The predicted octanol–water partition coefficient (Wildman–Crippen LogP) is 0.843. The van der Waals surface area contributed by atoms with Crippen LogP contribution in [0, 0.1) is 0 Å². The highest BCUT2D eigenvalue weighted by atomic mass is 16.5. The summed E-state index contributed by atoms with van der Waals surface area (Å²) in [6, 6.07) is 3.54. The Hall–Kier alpha value is -1.17. The van der Waals surface area contributed by atoms with Gasteiger partial charge in [0.1, 0.15) is 0 Å². The Balaban J connectivity index is 2.03. The first kappa shape index (κ1) is 12.9. The predicted molar refractivity (Wildman–Crippen MR) is 61.0 cm³/mol. The SMILES string of the molecule is COCCOCCOCc1cc(N)ccn1. The molecule has 0 atom stereocenters. The zero-order chi connectivity index (χ0) is 11.6. The first-order valence-electron chi connectivity index (χ1n) is 5.18. The molecule has 1 aromatic rings. The number of aromatic nitrogens is 1. The fraction of sp³-hybridized carbons (Fsp3) is 0.545. The van der Waals surface area contributed by atoms with E-state index in [1.54, 1.807) is 25.4 Å². The minimum Gasteiger partial charge on any atom is -0.399 e. The van der Waals surface area contributed by atoms with Crippen molar-refractivity contribution in [3.63, 3.8) is 0 Å². The molecule has 1 aromatic heterocycles. The van der Waals surface area contributed by atoms with Crippen molar-refractivity contribution in [2.45, 2.75) is 6.61 Å². The topological polar surface area (TPSA) is 66.6 Å². The van der Waals surface area contributed by atoms with Gasteiger partial charge in [0.2, 0.25) is 0 Å². The molecule has 0 bridgehead atoms. The maximum Gasteiger partial charge on any atom is 0.0889 e. The van der Waals surface area contributed by atoms with Gasteiger partial charge in [0.25, 0.3) is 0 Å². The van der Waals surface area contributed by atoms with Crippen molar-refractivity contribution in [1.82, 2.24) is 4.98 Å². The van der Waals surface area contributed by atoms with Crippen LogP contribution in [-0.4, -0.2) is 38.5 Å². The van der Waals surface area contributed by atoms with Crippen molar-refractivity contribution in [3.8, 4) is 0 Å². The Kier molecular flexibility index (Phi) is 6.48. The average molecular weight is 226 g/mol. The largest absolute Gasteiger partial charge is 0.399 e. The first-order chi connectivity index (χ1) is 7.83. The lowest BCUT2D eigenvalue weighted by atomic mass is 10.3. The van der Waals surface area contributed by atoms with Crippen LogP contribution >= 0.6 is 0 Å². The molecule has 0 fully saturated rings. The Morgan fingerprint density at radius 3 is 2.69 bits per heavy atom. The maximum atomic E-state index is 5.61. The van der Waals surface area contributed by atoms with Gasteiger partial charge in [-0.2, -0.15) is 0 Å². The Bertz CT molecular complexity index is 294. The summed E-state index contributed by atoms with van der Waals surface area (Å²) in [4.78, 5) is 4.12. The third-order valence-corrected chi connectivity index (χ3v) is 1.89. The Morgan fingerprint density at radius 1 is 1.19 bits per heavy atom. The minimum atomic E-state index is 0.457. The fourth-order valence-electron chi connectivity index (χ4n) is 1.11. The standard InChI is InChI=1S/C11H18N2O3/c1-14-4-5-15-6-7-16-9-11-8-10(12)2-3-13-11/h2-3,8H,4-7,9H2,1H3,(H2,12,13). The monoisotopic (exact) mass is 226 g/mol. The van der Waals surface area contributed by atoms with E-state index in [4.69, 9.17) is 19.9 Å². The summed E-state index contributed by atoms with van der Waals surface area (Å²) in [6.07, 6.45) is 1.67. The number of nitrogens with two attached hydrogens (primary N) is 1. The molecular weight excluding hydrogens is 208 g/mol. The van der Waals surface area contributed by atoms with E-state index >= 15 is 0 Å². The second kappa shape index (κ2) is 8.04. The van der Waals surface area contributed by atoms with E-state index in [1.165, 1.54) is 0 Å². The van der Waals surface area contributed by atoms with E-state index < -0.39 is 0 Å². The molecule has 5 heteroatoms. The van der Waals surface area contributed by atoms with Gasteiger partial charge in [-0.25, -0.2) is 0 Å². The number of methoxy groups -OCH3 is 1. The van der Waals surface area contributed by atoms with Crippen molar-refractivity contribution in [3.05, 3.63) is 24.0 Å². The van der Waals surface area contributed by atoms with E-state index in [9.17, 15) is 0 Å². The van der Waals surface area contributed by atoms with Crippen LogP contribution in [0.1, 0.15) is 5.69 Å². The quantitative estimate of drug-likeness (QED) is 0.665. The number of nitrogen functional groups attached to an aromatic ring is 1. The highest BCUT2D eigenvalue weighted by Crippen LogP contribution is 2.03. The lowest BCUT2D eigenvalue weighted by molar-refractivity contribution is 0.0192. The molecule has 0 unspecified atom stereocenters. The third-order valence-electron chi connectivity index (χ3n) is 1.89. The smallest absolute Gasteiger partial charge is 0.0889 e. The van der Waals surface area contributed by atoms with Gasteiger partial charge in [-0.05, 0) is 12.1 Å². The third kappa shape index (κ3) is 5.65. The van der Waals surface area contributed by atoms with Crippen LogP contribution in [0.3, 0.4) is 0 Å². The second-order valence-electron chi connectivity index (χ2n) is 3.24. The molecule has 1 heterocycles. The number of anilines is 1. The normalized spacial score (nSPS) is 10.6. The van der Waals surface area contributed by atoms with E-state index in [0.717, 1.165) is 5.69 Å². The molecule has 0 amide bonds. The summed E-state index contributed by atoms with van der Waals surface area (Å²) in [6.45, 7) is 2.76. The number of nitrogens with zero attached hydrogens (tertiary/aromatic N) is 1. The van der Waals surface area contributed by atoms with E-state index in [0.29, 0.717) is 38.7 Å². The van der Waals surface area contributed by atoms with Gasteiger partial charge in [0.15, 0.2) is 0 Å². The summed E-state index contributed by atoms with van der Waals surface area (Å²) in [5.74, 6) is 0. The summed E-state index contributed by atoms with van der Waals surface area (Å²) >= 11 is 0. The average Bonchev–Trinajstić information content (AvgIpc) is 2.28. The molecule has 0 saturated carbocycles. The zero-order valence-electron chi connectivity index (χ0n) is 9.52. The van der Waals surface area contributed by atoms with Gasteiger partial charge in [-0.15, -0.1) is 0 Å². The summed E-state index contributed by atoms with van der Waals surface area (Å²) in [7, 11) is 1.64. The van der Waals surface area contributed by atoms with Crippen LogP contribution in [0.25, 0.3) is 0 Å². The number of hydrogen-bond donors (Lipinski definition) is 1. The van der Waals surface area contributed by atoms with Crippen molar-refractivity contribution in [1.29, 1.82) is 0 Å². The number of rotatable bonds is 8. The van der Waals surface area contributed by atoms with Gasteiger partial charge >= 0.3 is 0 Å². The van der Waals surface area contributed by atoms with E-state index in [2.05, 4.69) is 4.98 Å². The van der Waals surface area contributed by atoms with Crippen molar-refractivity contribution >= 4 is 5.69 Å². The van der Waals surface area contributed by atoms with Crippen LogP contribution in [0.5, 0.6) is 0 Å². The molecule has 0 aliphatic rings. The summed E-state index contributed by atoms with van der Waals surface area (Å²) < 4.78 is 15.5. The van der Waals surface area contributed by atoms with Gasteiger partial charge in [-0.3, -0.25) is 4.98 Å². The molecule has 5 nitrogen and oxygen atoms in total. The van der Waals surface area contributed by atoms with Gasteiger partial charge in [-0.1, -0.05) is 0 Å². The molecule has 0 radical (unpaired) electrons. The van der Waals surface area contributed by atoms with Crippen molar-refractivity contribution in [2.75, 3.05) is 39.3 Å². The fourth-order valence-corrected chi connectivity index (χ4v) is 1.11. The Morgan fingerprint density at radius 2 is 1.94 bits per heavy atom. The number of pyridine rings is 1. The molecular formula is C11H18N2O3. The van der Waals surface area contributed by atoms with Gasteiger partial charge < -0.3 is 19.9 Å². The highest BCUT2D eigenvalue weighted by molar-refractivity contribution is 5.36. The first-order valence-corrected chi connectivity index (χ1v) is 5.18. The lowest BCUT2D eigenvalue weighted by Gasteiger charge is -2.05. The maximum absolute atomic E-state index is 5.61. The molecule has 90 valence electrons.